The number of rotatable bonds is 4. The number of hydrogen-bond donors (Lipinski definition) is 3. The molecule has 0 aromatic carbocycles. The molecule has 0 atom stereocenters. The third kappa shape index (κ3) is 2.85. The minimum absolute atomic E-state index is 0.166. The zero-order chi connectivity index (χ0) is 21.7. The highest BCUT2D eigenvalue weighted by Gasteiger charge is 2.18. The lowest BCUT2D eigenvalue weighted by atomic mass is 10.1. The molecule has 0 saturated carbocycles. The van der Waals surface area contributed by atoms with Crippen molar-refractivity contribution >= 4 is 22.2 Å². The average Bonchev–Trinajstić information content (AvgIpc) is 3.54. The lowest BCUT2D eigenvalue weighted by Crippen LogP contribution is -1.92. The van der Waals surface area contributed by atoms with Crippen LogP contribution in [-0.4, -0.2) is 50.0 Å². The van der Waals surface area contributed by atoms with E-state index in [-0.39, 0.29) is 6.61 Å². The van der Waals surface area contributed by atoms with Crippen LogP contribution in [-0.2, 0) is 13.7 Å². The van der Waals surface area contributed by atoms with E-state index in [1.54, 1.807) is 23.3 Å². The fourth-order valence-electron chi connectivity index (χ4n) is 3.87. The monoisotopic (exact) mass is 423 g/mol. The molecule has 10 heteroatoms. The third-order valence-corrected chi connectivity index (χ3v) is 5.34. The number of nitrogens with one attached hydrogen (secondary N) is 2. The first-order valence-electron chi connectivity index (χ1n) is 9.95. The number of H-pyrrole nitrogens is 2. The molecule has 0 saturated heterocycles. The Morgan fingerprint density at radius 1 is 0.969 bits per heavy atom. The van der Waals surface area contributed by atoms with Crippen LogP contribution in [0.2, 0.25) is 0 Å². The first-order chi connectivity index (χ1) is 15.7. The van der Waals surface area contributed by atoms with Crippen LogP contribution in [0.15, 0.2) is 55.1 Å². The van der Waals surface area contributed by atoms with Gasteiger partial charge in [-0.3, -0.25) is 14.8 Å². The maximum atomic E-state index is 9.65. The van der Waals surface area contributed by atoms with Crippen LogP contribution in [0.5, 0.6) is 0 Å². The summed E-state index contributed by atoms with van der Waals surface area (Å²) < 4.78 is 1.66. The van der Waals surface area contributed by atoms with Gasteiger partial charge in [0.2, 0.25) is 0 Å². The Morgan fingerprint density at radius 2 is 1.84 bits per heavy atom. The van der Waals surface area contributed by atoms with Crippen molar-refractivity contribution in [3.63, 3.8) is 0 Å². The topological polar surface area (TPSA) is 134 Å². The van der Waals surface area contributed by atoms with Gasteiger partial charge in [-0.2, -0.15) is 10.2 Å². The van der Waals surface area contributed by atoms with Gasteiger partial charge in [0.25, 0.3) is 0 Å². The zero-order valence-electron chi connectivity index (χ0n) is 17.0. The second kappa shape index (κ2) is 7.06. The summed E-state index contributed by atoms with van der Waals surface area (Å²) >= 11 is 0. The van der Waals surface area contributed by atoms with Crippen LogP contribution < -0.4 is 0 Å². The van der Waals surface area contributed by atoms with E-state index in [2.05, 4.69) is 30.2 Å². The molecule has 6 rings (SSSR count). The van der Waals surface area contributed by atoms with Crippen LogP contribution >= 0.6 is 0 Å². The van der Waals surface area contributed by atoms with Gasteiger partial charge >= 0.3 is 0 Å². The van der Waals surface area contributed by atoms with Gasteiger partial charge in [-0.1, -0.05) is 0 Å². The number of aliphatic hydroxyl groups is 1. The van der Waals surface area contributed by atoms with E-state index in [0.29, 0.717) is 34.1 Å². The van der Waals surface area contributed by atoms with Crippen molar-refractivity contribution in [2.24, 2.45) is 7.05 Å². The van der Waals surface area contributed by atoms with Gasteiger partial charge in [0.15, 0.2) is 17.2 Å². The standard InChI is InChI=1S/C22H17N9O/c1-31-10-14(17(11-32)30-31)15-2-3-16-19(25-15)20(29-28-16)22-26-18-13(6-9-24-21(18)27-22)12-4-7-23-8-5-12/h2-10,32H,11H2,1H3,(H,28,29)(H,24,26,27). The SMILES string of the molecule is Cn1cc(-c2ccc3[nH]nc(-c4nc5c(-c6ccncc6)ccnc5[nH]4)c3n2)c(CO)n1. The molecule has 6 aromatic rings. The molecule has 32 heavy (non-hydrogen) atoms. The van der Waals surface area contributed by atoms with Crippen molar-refractivity contribution in [3.8, 4) is 33.9 Å². The smallest absolute Gasteiger partial charge is 0.162 e. The van der Waals surface area contributed by atoms with Gasteiger partial charge in [0, 0.05) is 43.0 Å². The van der Waals surface area contributed by atoms with E-state index < -0.39 is 0 Å². The van der Waals surface area contributed by atoms with Gasteiger partial charge in [-0.25, -0.2) is 15.0 Å². The number of nitrogens with zero attached hydrogens (tertiary/aromatic N) is 7. The number of fused-ring (bicyclic) bond motifs is 2. The van der Waals surface area contributed by atoms with Gasteiger partial charge in [-0.05, 0) is 35.9 Å². The zero-order valence-corrected chi connectivity index (χ0v) is 17.0. The molecule has 6 aromatic heterocycles. The Morgan fingerprint density at radius 3 is 2.69 bits per heavy atom. The van der Waals surface area contributed by atoms with E-state index in [9.17, 15) is 5.11 Å². The number of aromatic nitrogens is 9. The average molecular weight is 423 g/mol. The summed E-state index contributed by atoms with van der Waals surface area (Å²) in [6.45, 7) is -0.166. The van der Waals surface area contributed by atoms with E-state index >= 15 is 0 Å². The van der Waals surface area contributed by atoms with Gasteiger partial charge in [0.1, 0.15) is 11.0 Å². The molecule has 0 unspecified atom stereocenters. The molecule has 0 radical (unpaired) electrons. The van der Waals surface area contributed by atoms with Crippen LogP contribution in [0.4, 0.5) is 0 Å². The van der Waals surface area contributed by atoms with Crippen molar-refractivity contribution < 1.29 is 5.11 Å². The minimum atomic E-state index is -0.166. The second-order valence-electron chi connectivity index (χ2n) is 7.36. The number of pyridine rings is 3. The molecule has 10 nitrogen and oxygen atoms in total. The van der Waals surface area contributed by atoms with E-state index in [0.717, 1.165) is 27.7 Å². The summed E-state index contributed by atoms with van der Waals surface area (Å²) in [7, 11) is 1.81. The van der Waals surface area contributed by atoms with Crippen molar-refractivity contribution in [1.82, 2.24) is 44.9 Å². The first-order valence-corrected chi connectivity index (χ1v) is 9.95. The van der Waals surface area contributed by atoms with Crippen molar-refractivity contribution in [3.05, 3.63) is 60.8 Å². The molecule has 3 N–H and O–H groups in total. The molecule has 0 bridgehead atoms. The highest BCUT2D eigenvalue weighted by Crippen LogP contribution is 2.31. The Kier molecular flexibility index (Phi) is 4.05. The summed E-state index contributed by atoms with van der Waals surface area (Å²) in [5.74, 6) is 0.568. The van der Waals surface area contributed by atoms with Crippen molar-refractivity contribution in [2.45, 2.75) is 6.61 Å². The first kappa shape index (κ1) is 18.3. The summed E-state index contributed by atoms with van der Waals surface area (Å²) in [5, 5.41) is 21.4. The number of aliphatic hydroxyl groups excluding tert-OH is 1. The summed E-state index contributed by atoms with van der Waals surface area (Å²) in [6.07, 6.45) is 7.09. The lowest BCUT2D eigenvalue weighted by Gasteiger charge is -2.00. The summed E-state index contributed by atoms with van der Waals surface area (Å²) in [4.78, 5) is 21.4. The third-order valence-electron chi connectivity index (χ3n) is 5.34. The van der Waals surface area contributed by atoms with Crippen LogP contribution in [0.25, 0.3) is 56.1 Å². The maximum Gasteiger partial charge on any atom is 0.162 e. The Labute approximate surface area is 181 Å². The number of aryl methyl sites for hydroxylation is 1. The van der Waals surface area contributed by atoms with E-state index in [1.807, 2.05) is 43.6 Å². The number of imidazole rings is 1. The fourth-order valence-corrected chi connectivity index (χ4v) is 3.87. The molecule has 0 spiro atoms. The van der Waals surface area contributed by atoms with Crippen LogP contribution in [0, 0.1) is 0 Å². The molecule has 6 heterocycles. The minimum Gasteiger partial charge on any atom is -0.390 e. The van der Waals surface area contributed by atoms with Gasteiger partial charge in [-0.15, -0.1) is 0 Å². The highest BCUT2D eigenvalue weighted by atomic mass is 16.3. The Hall–Kier alpha value is -4.44. The molecule has 0 amide bonds. The quantitative estimate of drug-likeness (QED) is 0.397. The molecular formula is C22H17N9O. The summed E-state index contributed by atoms with van der Waals surface area (Å²) in [5.41, 5.74) is 7.45. The molecule has 0 fully saturated rings. The lowest BCUT2D eigenvalue weighted by molar-refractivity contribution is 0.276. The van der Waals surface area contributed by atoms with Crippen molar-refractivity contribution in [1.29, 1.82) is 0 Å². The van der Waals surface area contributed by atoms with Crippen molar-refractivity contribution in [2.75, 3.05) is 0 Å². The number of hydrogen-bond acceptors (Lipinski definition) is 7. The normalized spacial score (nSPS) is 11.6. The Balaban J connectivity index is 1.51. The summed E-state index contributed by atoms with van der Waals surface area (Å²) in [6, 6.07) is 9.59. The number of aromatic amines is 2. The Bertz CT molecular complexity index is 1580. The highest BCUT2D eigenvalue weighted by molar-refractivity contribution is 5.94. The molecular weight excluding hydrogens is 406 g/mol. The molecule has 0 aliphatic carbocycles. The second-order valence-corrected chi connectivity index (χ2v) is 7.36. The fraction of sp³-hybridized carbons (Fsp3) is 0.0909. The van der Waals surface area contributed by atoms with Crippen LogP contribution in [0.3, 0.4) is 0 Å². The van der Waals surface area contributed by atoms with Gasteiger partial charge < -0.3 is 10.1 Å². The molecule has 156 valence electrons. The van der Waals surface area contributed by atoms with E-state index in [4.69, 9.17) is 9.97 Å². The van der Waals surface area contributed by atoms with Crippen LogP contribution in [0.1, 0.15) is 5.69 Å². The van der Waals surface area contributed by atoms with E-state index in [1.165, 1.54) is 0 Å². The predicted octanol–water partition coefficient (Wildman–Crippen LogP) is 2.85. The molecule has 0 aliphatic heterocycles. The maximum absolute atomic E-state index is 9.65. The van der Waals surface area contributed by atoms with Gasteiger partial charge in [0.05, 0.1) is 23.5 Å². The largest absolute Gasteiger partial charge is 0.390 e. The molecule has 0 aliphatic rings. The predicted molar refractivity (Wildman–Crippen MR) is 118 cm³/mol.